The smallest absolute Gasteiger partial charge is 0.231 e. The maximum atomic E-state index is 9.22. The number of aromatic nitrogens is 4. The van der Waals surface area contributed by atoms with Crippen LogP contribution in [0.2, 0.25) is 0 Å². The highest BCUT2D eigenvalue weighted by Gasteiger charge is 2.14. The van der Waals surface area contributed by atoms with E-state index < -0.39 is 0 Å². The van der Waals surface area contributed by atoms with E-state index in [1.54, 1.807) is 6.33 Å². The molecule has 0 atom stereocenters. The van der Waals surface area contributed by atoms with Crippen molar-refractivity contribution in [2.75, 3.05) is 42.8 Å². The Morgan fingerprint density at radius 1 is 1.03 bits per heavy atom. The van der Waals surface area contributed by atoms with Gasteiger partial charge >= 0.3 is 0 Å². The second kappa shape index (κ2) is 8.15. The number of para-hydroxylation sites is 1. The molecular formula is C21H23N7O. The van der Waals surface area contributed by atoms with Crippen molar-refractivity contribution in [2.45, 2.75) is 0 Å². The molecule has 0 fully saturated rings. The SMILES string of the molecule is CN(C)c1cccc(Nc2nc(NCCO)c3ncn(-c4ccccc4)c3n2)c1. The van der Waals surface area contributed by atoms with Gasteiger partial charge in [0, 0.05) is 37.7 Å². The number of rotatable bonds is 7. The largest absolute Gasteiger partial charge is 0.395 e. The van der Waals surface area contributed by atoms with Gasteiger partial charge in [-0.3, -0.25) is 4.57 Å². The fourth-order valence-corrected chi connectivity index (χ4v) is 3.02. The van der Waals surface area contributed by atoms with Gasteiger partial charge < -0.3 is 20.6 Å². The van der Waals surface area contributed by atoms with E-state index in [2.05, 4.69) is 20.6 Å². The van der Waals surface area contributed by atoms with Crippen LogP contribution in [0.25, 0.3) is 16.9 Å². The Hall–Kier alpha value is -3.65. The van der Waals surface area contributed by atoms with Crippen molar-refractivity contribution >= 4 is 34.3 Å². The molecule has 2 aromatic heterocycles. The number of benzene rings is 2. The number of imidazole rings is 1. The van der Waals surface area contributed by atoms with Crippen LogP contribution in [0.15, 0.2) is 60.9 Å². The van der Waals surface area contributed by atoms with E-state index in [0.717, 1.165) is 17.1 Å². The molecule has 8 nitrogen and oxygen atoms in total. The molecule has 4 rings (SSSR count). The van der Waals surface area contributed by atoms with Crippen molar-refractivity contribution in [2.24, 2.45) is 0 Å². The Bertz CT molecular complexity index is 1110. The minimum absolute atomic E-state index is 0.00146. The molecule has 0 unspecified atom stereocenters. The van der Waals surface area contributed by atoms with E-state index in [9.17, 15) is 5.11 Å². The first-order chi connectivity index (χ1) is 14.2. The standard InChI is InChI=1S/C21H23N7O/c1-27(2)17-10-6-7-15(13-17)24-21-25-19(22-11-12-29)18-20(26-21)28(14-23-18)16-8-4-3-5-9-16/h3-10,13-14,29H,11-12H2,1-2H3,(H2,22,24,25,26). The minimum atomic E-state index is -0.00146. The predicted molar refractivity (Wildman–Crippen MR) is 116 cm³/mol. The molecule has 8 heteroatoms. The molecule has 2 heterocycles. The summed E-state index contributed by atoms with van der Waals surface area (Å²) in [6, 6.07) is 17.9. The average Bonchev–Trinajstić information content (AvgIpc) is 3.17. The highest BCUT2D eigenvalue weighted by atomic mass is 16.3. The lowest BCUT2D eigenvalue weighted by Crippen LogP contribution is -2.10. The molecule has 29 heavy (non-hydrogen) atoms. The third kappa shape index (κ3) is 3.97. The highest BCUT2D eigenvalue weighted by molar-refractivity contribution is 5.86. The zero-order valence-corrected chi connectivity index (χ0v) is 16.4. The lowest BCUT2D eigenvalue weighted by atomic mass is 10.2. The number of nitrogens with zero attached hydrogens (tertiary/aromatic N) is 5. The van der Waals surface area contributed by atoms with E-state index in [1.807, 2.05) is 78.2 Å². The van der Waals surface area contributed by atoms with Gasteiger partial charge in [0.25, 0.3) is 0 Å². The molecule has 0 aliphatic rings. The molecule has 0 amide bonds. The van der Waals surface area contributed by atoms with E-state index in [-0.39, 0.29) is 6.61 Å². The van der Waals surface area contributed by atoms with Crippen LogP contribution in [0.1, 0.15) is 0 Å². The monoisotopic (exact) mass is 389 g/mol. The third-order valence-electron chi connectivity index (χ3n) is 4.45. The van der Waals surface area contributed by atoms with Crippen LogP contribution in [0.5, 0.6) is 0 Å². The number of nitrogens with one attached hydrogen (secondary N) is 2. The molecule has 0 bridgehead atoms. The van der Waals surface area contributed by atoms with Crippen LogP contribution >= 0.6 is 0 Å². The molecule has 0 radical (unpaired) electrons. The molecular weight excluding hydrogens is 366 g/mol. The van der Waals surface area contributed by atoms with Crippen LogP contribution in [0.3, 0.4) is 0 Å². The molecule has 0 saturated carbocycles. The predicted octanol–water partition coefficient (Wildman–Crippen LogP) is 3.03. The zero-order valence-electron chi connectivity index (χ0n) is 16.4. The van der Waals surface area contributed by atoms with Crippen molar-refractivity contribution < 1.29 is 5.11 Å². The Kier molecular flexibility index (Phi) is 5.26. The molecule has 2 aromatic carbocycles. The maximum absolute atomic E-state index is 9.22. The Morgan fingerprint density at radius 3 is 2.62 bits per heavy atom. The number of aliphatic hydroxyl groups is 1. The fourth-order valence-electron chi connectivity index (χ4n) is 3.02. The summed E-state index contributed by atoms with van der Waals surface area (Å²) < 4.78 is 1.92. The third-order valence-corrected chi connectivity index (χ3v) is 4.45. The van der Waals surface area contributed by atoms with Crippen LogP contribution in [0.4, 0.5) is 23.1 Å². The molecule has 0 aliphatic heterocycles. The van der Waals surface area contributed by atoms with Crippen LogP contribution in [-0.2, 0) is 0 Å². The van der Waals surface area contributed by atoms with Crippen LogP contribution in [0, 0.1) is 0 Å². The second-order valence-electron chi connectivity index (χ2n) is 6.74. The Labute approximate surface area is 168 Å². The summed E-state index contributed by atoms with van der Waals surface area (Å²) in [5, 5.41) is 15.6. The summed E-state index contributed by atoms with van der Waals surface area (Å²) in [6.07, 6.45) is 1.73. The lowest BCUT2D eigenvalue weighted by Gasteiger charge is -2.14. The van der Waals surface area contributed by atoms with Crippen molar-refractivity contribution in [1.29, 1.82) is 0 Å². The number of fused-ring (bicyclic) bond motifs is 1. The van der Waals surface area contributed by atoms with Crippen molar-refractivity contribution in [3.8, 4) is 5.69 Å². The minimum Gasteiger partial charge on any atom is -0.395 e. The average molecular weight is 389 g/mol. The van der Waals surface area contributed by atoms with Gasteiger partial charge in [-0.1, -0.05) is 24.3 Å². The molecule has 0 aliphatic carbocycles. The molecule has 148 valence electrons. The van der Waals surface area contributed by atoms with Gasteiger partial charge in [-0.05, 0) is 30.3 Å². The fraction of sp³-hybridized carbons (Fsp3) is 0.190. The van der Waals surface area contributed by atoms with Gasteiger partial charge in [0.05, 0.1) is 6.61 Å². The van der Waals surface area contributed by atoms with Gasteiger partial charge in [0.2, 0.25) is 5.95 Å². The second-order valence-corrected chi connectivity index (χ2v) is 6.74. The molecule has 0 spiro atoms. The summed E-state index contributed by atoms with van der Waals surface area (Å²) in [6.45, 7) is 0.373. The lowest BCUT2D eigenvalue weighted by molar-refractivity contribution is 0.311. The quantitative estimate of drug-likeness (QED) is 0.447. The van der Waals surface area contributed by atoms with Crippen molar-refractivity contribution in [1.82, 2.24) is 19.5 Å². The highest BCUT2D eigenvalue weighted by Crippen LogP contribution is 2.26. The first-order valence-corrected chi connectivity index (χ1v) is 9.35. The molecule has 3 N–H and O–H groups in total. The summed E-state index contributed by atoms with van der Waals surface area (Å²) in [7, 11) is 3.99. The van der Waals surface area contributed by atoms with Crippen molar-refractivity contribution in [3.05, 3.63) is 60.9 Å². The maximum Gasteiger partial charge on any atom is 0.231 e. The molecule has 0 saturated heterocycles. The number of aliphatic hydroxyl groups excluding tert-OH is 1. The van der Waals surface area contributed by atoms with E-state index in [0.29, 0.717) is 29.5 Å². The molecule has 4 aromatic rings. The van der Waals surface area contributed by atoms with Gasteiger partial charge in [-0.25, -0.2) is 4.98 Å². The van der Waals surface area contributed by atoms with Gasteiger partial charge in [-0.2, -0.15) is 9.97 Å². The van der Waals surface area contributed by atoms with Crippen LogP contribution in [-0.4, -0.2) is 51.9 Å². The normalized spacial score (nSPS) is 10.9. The summed E-state index contributed by atoms with van der Waals surface area (Å²) in [5.74, 6) is 1.02. The number of anilines is 4. The van der Waals surface area contributed by atoms with E-state index >= 15 is 0 Å². The van der Waals surface area contributed by atoms with Crippen LogP contribution < -0.4 is 15.5 Å². The van der Waals surface area contributed by atoms with Crippen molar-refractivity contribution in [3.63, 3.8) is 0 Å². The summed E-state index contributed by atoms with van der Waals surface area (Å²) >= 11 is 0. The first kappa shape index (κ1) is 18.7. The van der Waals surface area contributed by atoms with Gasteiger partial charge in [0.1, 0.15) is 6.33 Å². The van der Waals surface area contributed by atoms with E-state index in [1.165, 1.54) is 0 Å². The van der Waals surface area contributed by atoms with Gasteiger partial charge in [-0.15, -0.1) is 0 Å². The summed E-state index contributed by atoms with van der Waals surface area (Å²) in [4.78, 5) is 15.8. The number of hydrogen-bond acceptors (Lipinski definition) is 7. The Morgan fingerprint density at radius 2 is 1.86 bits per heavy atom. The van der Waals surface area contributed by atoms with E-state index in [4.69, 9.17) is 4.98 Å². The Balaban J connectivity index is 1.78. The topological polar surface area (TPSA) is 91.1 Å². The number of hydrogen-bond donors (Lipinski definition) is 3. The first-order valence-electron chi connectivity index (χ1n) is 9.35. The summed E-state index contributed by atoms with van der Waals surface area (Å²) in [5.41, 5.74) is 4.24. The van der Waals surface area contributed by atoms with Gasteiger partial charge in [0.15, 0.2) is 17.0 Å². The zero-order chi connectivity index (χ0) is 20.2.